The van der Waals surface area contributed by atoms with Crippen molar-refractivity contribution < 1.29 is 18.3 Å². The standard InChI is InChI=1S/C14H19BrF3NOS/c1-12(2,3)21-19-13(4,14(17,18)8-20)10-7-9(15)5-6-11(10)16/h5-7,19-20H,8H2,1-4H3/p+1/t13-/m1/s1. The molecule has 0 bridgehead atoms. The molecule has 0 aliphatic carbocycles. The third-order valence-electron chi connectivity index (χ3n) is 3.01. The summed E-state index contributed by atoms with van der Waals surface area (Å²) >= 11 is 3.68. The fourth-order valence-corrected chi connectivity index (χ4v) is 2.86. The molecule has 7 heteroatoms. The highest BCUT2D eigenvalue weighted by molar-refractivity contribution is 9.10. The van der Waals surface area contributed by atoms with Gasteiger partial charge in [0.2, 0.25) is 0 Å². The van der Waals surface area contributed by atoms with E-state index in [2.05, 4.69) is 20.7 Å². The average molecular weight is 387 g/mol. The molecule has 0 amide bonds. The molecule has 0 fully saturated rings. The second-order valence-electron chi connectivity index (χ2n) is 6.01. The Morgan fingerprint density at radius 2 is 1.81 bits per heavy atom. The summed E-state index contributed by atoms with van der Waals surface area (Å²) in [6.45, 7) is 5.44. The molecule has 2 nitrogen and oxygen atoms in total. The number of thiol groups is 1. The van der Waals surface area contributed by atoms with Crippen LogP contribution in [0.15, 0.2) is 22.7 Å². The minimum Gasteiger partial charge on any atom is -0.390 e. The van der Waals surface area contributed by atoms with E-state index in [-0.39, 0.29) is 10.3 Å². The van der Waals surface area contributed by atoms with Gasteiger partial charge >= 0.3 is 0 Å². The second kappa shape index (κ2) is 6.48. The molecule has 21 heavy (non-hydrogen) atoms. The Labute approximate surface area is 135 Å². The fraction of sp³-hybridized carbons (Fsp3) is 0.571. The molecular weight excluding hydrogens is 367 g/mol. The Balaban J connectivity index is 3.34. The summed E-state index contributed by atoms with van der Waals surface area (Å²) in [4.78, 5) is 0. The van der Waals surface area contributed by atoms with Gasteiger partial charge in [-0.05, 0) is 45.9 Å². The van der Waals surface area contributed by atoms with Gasteiger partial charge in [0.05, 0.1) is 11.9 Å². The first-order chi connectivity index (χ1) is 9.43. The molecule has 1 aromatic carbocycles. The van der Waals surface area contributed by atoms with Gasteiger partial charge in [-0.1, -0.05) is 15.9 Å². The van der Waals surface area contributed by atoms with Gasteiger partial charge in [-0.25, -0.2) is 13.2 Å². The molecule has 0 heterocycles. The zero-order valence-electron chi connectivity index (χ0n) is 12.3. The molecule has 0 aliphatic rings. The lowest BCUT2D eigenvalue weighted by Gasteiger charge is -2.35. The minimum atomic E-state index is -3.52. The maximum absolute atomic E-state index is 14.3. The smallest absolute Gasteiger partial charge is 0.296 e. The number of hydrogen-bond donors (Lipinski definition) is 2. The fourth-order valence-electron chi connectivity index (χ4n) is 1.66. The van der Waals surface area contributed by atoms with Crippen molar-refractivity contribution in [1.29, 1.82) is 0 Å². The van der Waals surface area contributed by atoms with Crippen LogP contribution in [0.1, 0.15) is 33.3 Å². The van der Waals surface area contributed by atoms with E-state index < -0.39 is 23.9 Å². The first-order valence-corrected chi connectivity index (χ1v) is 8.05. The van der Waals surface area contributed by atoms with E-state index >= 15 is 0 Å². The molecule has 0 radical (unpaired) electrons. The highest BCUT2D eigenvalue weighted by Crippen LogP contribution is 2.40. The molecule has 1 atom stereocenters. The van der Waals surface area contributed by atoms with E-state index in [4.69, 9.17) is 5.11 Å². The maximum atomic E-state index is 14.3. The minimum absolute atomic E-state index is 0.187. The van der Waals surface area contributed by atoms with Crippen LogP contribution in [-0.4, -0.2) is 22.4 Å². The van der Waals surface area contributed by atoms with Crippen LogP contribution >= 0.6 is 15.9 Å². The summed E-state index contributed by atoms with van der Waals surface area (Å²) in [5.41, 5.74) is -2.21. The second-order valence-corrected chi connectivity index (χ2v) is 8.71. The number of hydrogen-bond acceptors (Lipinski definition) is 2. The first kappa shape index (κ1) is 18.8. The van der Waals surface area contributed by atoms with Crippen molar-refractivity contribution in [3.8, 4) is 0 Å². The SMILES string of the molecule is CC(C)(C)[SH+]N[C@](C)(c1cc(Br)ccc1F)C(F)(F)CO. The molecule has 0 saturated heterocycles. The van der Waals surface area contributed by atoms with Crippen LogP contribution in [0.2, 0.25) is 0 Å². The normalized spacial score (nSPS) is 15.9. The topological polar surface area (TPSA) is 32.3 Å². The first-order valence-electron chi connectivity index (χ1n) is 6.36. The van der Waals surface area contributed by atoms with Crippen LogP contribution in [0.4, 0.5) is 13.2 Å². The Hall–Kier alpha value is -0.240. The Bertz CT molecular complexity index is 507. The average Bonchev–Trinajstić information content (AvgIpc) is 2.37. The molecular formula is C14H20BrF3NOS+. The van der Waals surface area contributed by atoms with Crippen LogP contribution in [-0.2, 0) is 17.5 Å². The molecule has 0 aromatic heterocycles. The van der Waals surface area contributed by atoms with Crippen LogP contribution in [0, 0.1) is 5.82 Å². The zero-order chi connectivity index (χ0) is 16.5. The van der Waals surface area contributed by atoms with E-state index in [1.807, 2.05) is 20.8 Å². The number of aliphatic hydroxyl groups is 1. The number of alkyl halides is 2. The molecule has 1 rings (SSSR count). The lowest BCUT2D eigenvalue weighted by Crippen LogP contribution is -2.57. The van der Waals surface area contributed by atoms with Crippen molar-refractivity contribution in [3.05, 3.63) is 34.1 Å². The molecule has 2 N–H and O–H groups in total. The highest BCUT2D eigenvalue weighted by Gasteiger charge is 2.55. The number of halogens is 4. The van der Waals surface area contributed by atoms with Gasteiger partial charge in [-0.3, -0.25) is 0 Å². The van der Waals surface area contributed by atoms with E-state index in [9.17, 15) is 13.2 Å². The summed E-state index contributed by atoms with van der Waals surface area (Å²) in [6, 6.07) is 3.88. The third kappa shape index (κ3) is 4.37. The van der Waals surface area contributed by atoms with E-state index in [0.29, 0.717) is 16.4 Å². The van der Waals surface area contributed by atoms with Crippen molar-refractivity contribution in [2.75, 3.05) is 6.61 Å². The largest absolute Gasteiger partial charge is 0.390 e. The number of aliphatic hydroxyl groups excluding tert-OH is 1. The van der Waals surface area contributed by atoms with Crippen molar-refractivity contribution in [2.24, 2.45) is 0 Å². The summed E-state index contributed by atoms with van der Waals surface area (Å²) in [5.74, 6) is -4.27. The van der Waals surface area contributed by atoms with Crippen molar-refractivity contribution in [3.63, 3.8) is 0 Å². The van der Waals surface area contributed by atoms with Crippen molar-refractivity contribution >= 4 is 27.9 Å². The van der Waals surface area contributed by atoms with E-state index in [0.717, 1.165) is 6.07 Å². The van der Waals surface area contributed by atoms with Crippen molar-refractivity contribution in [2.45, 2.75) is 43.9 Å². The van der Waals surface area contributed by atoms with Gasteiger partial charge in [-0.15, -0.1) is 4.72 Å². The summed E-state index contributed by atoms with van der Waals surface area (Å²) in [5, 5.41) is 9.05. The lowest BCUT2D eigenvalue weighted by molar-refractivity contribution is -0.114. The predicted molar refractivity (Wildman–Crippen MR) is 85.1 cm³/mol. The number of rotatable bonds is 5. The monoisotopic (exact) mass is 386 g/mol. The van der Waals surface area contributed by atoms with E-state index in [1.165, 1.54) is 19.1 Å². The number of benzene rings is 1. The van der Waals surface area contributed by atoms with E-state index in [1.54, 1.807) is 0 Å². The summed E-state index contributed by atoms with van der Waals surface area (Å²) in [7, 11) is 0. The molecule has 0 saturated carbocycles. The Kier molecular flexibility index (Phi) is 5.80. The van der Waals surface area contributed by atoms with Crippen LogP contribution in [0.5, 0.6) is 0 Å². The summed E-state index contributed by atoms with van der Waals surface area (Å²) < 4.78 is 45.5. The summed E-state index contributed by atoms with van der Waals surface area (Å²) in [6.07, 6.45) is 0. The van der Waals surface area contributed by atoms with Gasteiger partial charge in [0, 0.05) is 10.0 Å². The van der Waals surface area contributed by atoms with Gasteiger partial charge in [0.25, 0.3) is 5.92 Å². The predicted octanol–water partition coefficient (Wildman–Crippen LogP) is 3.55. The molecule has 0 spiro atoms. The van der Waals surface area contributed by atoms with Gasteiger partial charge < -0.3 is 5.11 Å². The van der Waals surface area contributed by atoms with Crippen LogP contribution in [0.25, 0.3) is 0 Å². The molecule has 0 unspecified atom stereocenters. The Morgan fingerprint density at radius 1 is 1.24 bits per heavy atom. The molecule has 120 valence electrons. The molecule has 1 aromatic rings. The third-order valence-corrected chi connectivity index (χ3v) is 4.74. The van der Waals surface area contributed by atoms with Crippen LogP contribution < -0.4 is 4.72 Å². The van der Waals surface area contributed by atoms with Gasteiger partial charge in [0.15, 0.2) is 5.54 Å². The van der Waals surface area contributed by atoms with Gasteiger partial charge in [0.1, 0.15) is 17.2 Å². The highest BCUT2D eigenvalue weighted by atomic mass is 79.9. The number of nitrogens with one attached hydrogen (secondary N) is 1. The van der Waals surface area contributed by atoms with Gasteiger partial charge in [-0.2, -0.15) is 0 Å². The zero-order valence-corrected chi connectivity index (χ0v) is 14.8. The molecule has 0 aliphatic heterocycles. The Morgan fingerprint density at radius 3 is 2.29 bits per heavy atom. The quantitative estimate of drug-likeness (QED) is 0.598. The van der Waals surface area contributed by atoms with Crippen LogP contribution in [0.3, 0.4) is 0 Å². The lowest BCUT2D eigenvalue weighted by atomic mass is 9.86. The van der Waals surface area contributed by atoms with Crippen molar-refractivity contribution in [1.82, 2.24) is 4.72 Å². The maximum Gasteiger partial charge on any atom is 0.296 e.